The van der Waals surface area contributed by atoms with Gasteiger partial charge in [-0.1, -0.05) is 24.3 Å². The van der Waals surface area contributed by atoms with Gasteiger partial charge in [0, 0.05) is 52.5 Å². The summed E-state index contributed by atoms with van der Waals surface area (Å²) in [5, 5.41) is 3.12. The number of benzene rings is 1. The maximum Gasteiger partial charge on any atom is 0.188 e. The van der Waals surface area contributed by atoms with Crippen LogP contribution in [0.25, 0.3) is 0 Å². The molecular weight excluding hydrogens is 314 g/mol. The first-order chi connectivity index (χ1) is 12.2. The molecule has 25 heavy (non-hydrogen) atoms. The summed E-state index contributed by atoms with van der Waals surface area (Å²) < 4.78 is 5.29. The van der Waals surface area contributed by atoms with Gasteiger partial charge in [-0.3, -0.25) is 4.90 Å². The van der Waals surface area contributed by atoms with Gasteiger partial charge in [0.2, 0.25) is 0 Å². The minimum absolute atomic E-state index is 0.498. The van der Waals surface area contributed by atoms with E-state index in [9.17, 15) is 0 Å². The number of hydrogen-bond acceptors (Lipinski definition) is 4. The van der Waals surface area contributed by atoms with Crippen molar-refractivity contribution < 1.29 is 4.74 Å². The van der Waals surface area contributed by atoms with Crippen LogP contribution in [0.4, 0.5) is 0 Å². The molecule has 6 heteroatoms. The third kappa shape index (κ3) is 7.86. The van der Waals surface area contributed by atoms with Crippen LogP contribution in [0.15, 0.2) is 29.3 Å². The van der Waals surface area contributed by atoms with E-state index in [1.807, 2.05) is 6.92 Å². The molecule has 1 fully saturated rings. The summed E-state index contributed by atoms with van der Waals surface area (Å²) >= 11 is 0. The molecule has 3 N–H and O–H groups in total. The lowest BCUT2D eigenvalue weighted by Gasteiger charge is -2.32. The van der Waals surface area contributed by atoms with Crippen molar-refractivity contribution in [3.05, 3.63) is 35.4 Å². The van der Waals surface area contributed by atoms with E-state index in [1.165, 1.54) is 11.1 Å². The molecule has 0 saturated carbocycles. The van der Waals surface area contributed by atoms with Gasteiger partial charge in [0.15, 0.2) is 5.96 Å². The predicted molar refractivity (Wildman–Crippen MR) is 104 cm³/mol. The smallest absolute Gasteiger partial charge is 0.188 e. The van der Waals surface area contributed by atoms with Crippen LogP contribution >= 0.6 is 0 Å². The highest BCUT2D eigenvalue weighted by Crippen LogP contribution is 2.10. The van der Waals surface area contributed by atoms with Crippen molar-refractivity contribution in [3.8, 4) is 0 Å². The number of hydrogen-bond donors (Lipinski definition) is 2. The quantitative estimate of drug-likeness (QED) is 0.400. The van der Waals surface area contributed by atoms with Gasteiger partial charge in [0.25, 0.3) is 0 Å². The predicted octanol–water partition coefficient (Wildman–Crippen LogP) is 1.26. The normalized spacial score (nSPS) is 17.0. The zero-order chi connectivity index (χ0) is 17.9. The van der Waals surface area contributed by atoms with E-state index in [0.29, 0.717) is 12.5 Å². The molecule has 0 unspecified atom stereocenters. The van der Waals surface area contributed by atoms with Crippen LogP contribution in [0, 0.1) is 0 Å². The molecule has 0 spiro atoms. The fourth-order valence-electron chi connectivity index (χ4n) is 2.78. The van der Waals surface area contributed by atoms with Gasteiger partial charge in [-0.15, -0.1) is 0 Å². The van der Waals surface area contributed by atoms with Gasteiger partial charge in [-0.05, 0) is 31.5 Å². The summed E-state index contributed by atoms with van der Waals surface area (Å²) in [5.74, 6) is 0.498. The molecule has 0 amide bonds. The van der Waals surface area contributed by atoms with Crippen LogP contribution in [0.1, 0.15) is 24.5 Å². The van der Waals surface area contributed by atoms with Gasteiger partial charge < -0.3 is 20.7 Å². The molecule has 1 aliphatic heterocycles. The Kier molecular flexibility index (Phi) is 8.72. The van der Waals surface area contributed by atoms with Crippen molar-refractivity contribution in [2.45, 2.75) is 26.4 Å². The van der Waals surface area contributed by atoms with E-state index in [0.717, 1.165) is 58.9 Å². The van der Waals surface area contributed by atoms with Gasteiger partial charge in [0.05, 0.1) is 6.54 Å². The van der Waals surface area contributed by atoms with E-state index in [2.05, 4.69) is 51.4 Å². The Bertz CT molecular complexity index is 509. The maximum atomic E-state index is 5.89. The molecule has 0 aromatic heterocycles. The number of nitrogens with zero attached hydrogens (tertiary/aromatic N) is 3. The molecule has 1 saturated heterocycles. The zero-order valence-electron chi connectivity index (χ0n) is 15.7. The molecule has 6 nitrogen and oxygen atoms in total. The third-order valence-electron chi connectivity index (χ3n) is 4.43. The highest BCUT2D eigenvalue weighted by atomic mass is 16.5. The molecular formula is C19H33N5O. The molecule has 140 valence electrons. The van der Waals surface area contributed by atoms with Crippen LogP contribution in [0.5, 0.6) is 0 Å². The van der Waals surface area contributed by atoms with E-state index >= 15 is 0 Å². The van der Waals surface area contributed by atoms with Crippen LogP contribution in [0.3, 0.4) is 0 Å². The SMILES string of the molecule is CCOCCCNC(N)=NCc1ccc(CN2CCN(C)CC2)cc1. The monoisotopic (exact) mass is 347 g/mol. The van der Waals surface area contributed by atoms with Crippen molar-refractivity contribution >= 4 is 5.96 Å². The second-order valence-electron chi connectivity index (χ2n) is 6.57. The molecule has 0 bridgehead atoms. The summed E-state index contributed by atoms with van der Waals surface area (Å²) in [6, 6.07) is 8.71. The first-order valence-corrected chi connectivity index (χ1v) is 9.27. The van der Waals surface area contributed by atoms with Gasteiger partial charge in [0.1, 0.15) is 0 Å². The van der Waals surface area contributed by atoms with Gasteiger partial charge in [-0.25, -0.2) is 4.99 Å². The summed E-state index contributed by atoms with van der Waals surface area (Å²) in [7, 11) is 2.19. The maximum absolute atomic E-state index is 5.89. The number of ether oxygens (including phenoxy) is 1. The highest BCUT2D eigenvalue weighted by Gasteiger charge is 2.13. The zero-order valence-corrected chi connectivity index (χ0v) is 15.7. The molecule has 1 heterocycles. The molecule has 2 rings (SSSR count). The largest absolute Gasteiger partial charge is 0.382 e. The Morgan fingerprint density at radius 2 is 1.84 bits per heavy atom. The Labute approximate surface area is 152 Å². The second kappa shape index (κ2) is 11.1. The van der Waals surface area contributed by atoms with Crippen molar-refractivity contribution in [1.82, 2.24) is 15.1 Å². The Morgan fingerprint density at radius 3 is 2.52 bits per heavy atom. The van der Waals surface area contributed by atoms with Crippen molar-refractivity contribution in [2.24, 2.45) is 10.7 Å². The summed E-state index contributed by atoms with van der Waals surface area (Å²) in [5.41, 5.74) is 8.43. The number of nitrogens with one attached hydrogen (secondary N) is 1. The van der Waals surface area contributed by atoms with Crippen LogP contribution in [-0.4, -0.2) is 68.7 Å². The molecule has 0 atom stereocenters. The molecule has 1 aromatic rings. The van der Waals surface area contributed by atoms with Gasteiger partial charge in [-0.2, -0.15) is 0 Å². The van der Waals surface area contributed by atoms with Crippen LogP contribution < -0.4 is 11.1 Å². The molecule has 0 aliphatic carbocycles. The van der Waals surface area contributed by atoms with E-state index in [1.54, 1.807) is 0 Å². The second-order valence-corrected chi connectivity index (χ2v) is 6.57. The summed E-state index contributed by atoms with van der Waals surface area (Å²) in [6.07, 6.45) is 0.936. The molecule has 1 aliphatic rings. The topological polar surface area (TPSA) is 66.1 Å². The molecule has 0 radical (unpaired) electrons. The summed E-state index contributed by atoms with van der Waals surface area (Å²) in [6.45, 7) is 10.5. The number of nitrogens with two attached hydrogens (primary N) is 1. The number of likely N-dealkylation sites (N-methyl/N-ethyl adjacent to an activating group) is 1. The first-order valence-electron chi connectivity index (χ1n) is 9.27. The lowest BCUT2D eigenvalue weighted by Crippen LogP contribution is -2.43. The first kappa shape index (κ1) is 19.7. The fourth-order valence-corrected chi connectivity index (χ4v) is 2.78. The minimum atomic E-state index is 0.498. The highest BCUT2D eigenvalue weighted by molar-refractivity contribution is 5.77. The van der Waals surface area contributed by atoms with E-state index in [-0.39, 0.29) is 0 Å². The van der Waals surface area contributed by atoms with E-state index < -0.39 is 0 Å². The number of piperazine rings is 1. The number of aliphatic imine (C=N–C) groups is 1. The van der Waals surface area contributed by atoms with Crippen LogP contribution in [0.2, 0.25) is 0 Å². The lowest BCUT2D eigenvalue weighted by atomic mass is 10.1. The lowest BCUT2D eigenvalue weighted by molar-refractivity contribution is 0.145. The Morgan fingerprint density at radius 1 is 1.16 bits per heavy atom. The van der Waals surface area contributed by atoms with E-state index in [4.69, 9.17) is 10.5 Å². The average Bonchev–Trinajstić information content (AvgIpc) is 2.63. The number of rotatable bonds is 9. The van der Waals surface area contributed by atoms with Crippen molar-refractivity contribution in [1.29, 1.82) is 0 Å². The standard InChI is InChI=1S/C19H33N5O/c1-3-25-14-4-9-21-19(20)22-15-17-5-7-18(8-6-17)16-24-12-10-23(2)11-13-24/h5-8H,3-4,9-16H2,1-2H3,(H3,20,21,22). The van der Waals surface area contributed by atoms with Crippen molar-refractivity contribution in [3.63, 3.8) is 0 Å². The summed E-state index contributed by atoms with van der Waals surface area (Å²) in [4.78, 5) is 9.29. The molecule has 1 aromatic carbocycles. The third-order valence-corrected chi connectivity index (χ3v) is 4.43. The minimum Gasteiger partial charge on any atom is -0.382 e. The Hall–Kier alpha value is -1.63. The number of guanidine groups is 1. The average molecular weight is 348 g/mol. The Balaban J connectivity index is 1.69. The fraction of sp³-hybridized carbons (Fsp3) is 0.632. The van der Waals surface area contributed by atoms with Gasteiger partial charge >= 0.3 is 0 Å². The van der Waals surface area contributed by atoms with Crippen molar-refractivity contribution in [2.75, 3.05) is 53.0 Å². The van der Waals surface area contributed by atoms with Crippen LogP contribution in [-0.2, 0) is 17.8 Å².